The van der Waals surface area contributed by atoms with Crippen LogP contribution < -0.4 is 5.32 Å². The van der Waals surface area contributed by atoms with Crippen LogP contribution in [0.4, 0.5) is 10.1 Å². The molecular weight excluding hydrogens is 273 g/mol. The van der Waals surface area contributed by atoms with Gasteiger partial charge >= 0.3 is 0 Å². The third-order valence-electron chi connectivity index (χ3n) is 2.15. The number of rotatable bonds is 3. The van der Waals surface area contributed by atoms with Crippen LogP contribution in [-0.2, 0) is 6.54 Å². The van der Waals surface area contributed by atoms with Crippen molar-refractivity contribution < 1.29 is 4.39 Å². The molecule has 84 valence electrons. The van der Waals surface area contributed by atoms with Crippen LogP contribution in [0.1, 0.15) is 11.5 Å². The second kappa shape index (κ2) is 4.65. The molecule has 0 unspecified atom stereocenters. The van der Waals surface area contributed by atoms with Gasteiger partial charge in [0, 0.05) is 4.47 Å². The minimum Gasteiger partial charge on any atom is -0.378 e. The predicted octanol–water partition coefficient (Wildman–Crippen LogP) is 3.23. The van der Waals surface area contributed by atoms with E-state index in [9.17, 15) is 4.39 Å². The molecule has 0 atom stereocenters. The van der Waals surface area contributed by atoms with Gasteiger partial charge in [0.25, 0.3) is 0 Å². The van der Waals surface area contributed by atoms with Crippen LogP contribution in [0.5, 0.6) is 0 Å². The van der Waals surface area contributed by atoms with Gasteiger partial charge in [-0.3, -0.25) is 0 Å². The molecular formula is C11H11BrFN3. The smallest absolute Gasteiger partial charge is 0.125 e. The van der Waals surface area contributed by atoms with E-state index in [-0.39, 0.29) is 5.82 Å². The average Bonchev–Trinajstić information content (AvgIpc) is 2.66. The number of hydrogen-bond acceptors (Lipinski definition) is 2. The molecule has 3 nitrogen and oxygen atoms in total. The molecule has 2 N–H and O–H groups in total. The fourth-order valence-corrected chi connectivity index (χ4v) is 1.77. The Labute approximate surface area is 101 Å². The molecule has 1 heterocycles. The second-order valence-corrected chi connectivity index (χ2v) is 4.33. The van der Waals surface area contributed by atoms with Crippen molar-refractivity contribution in [2.75, 3.05) is 5.32 Å². The topological polar surface area (TPSA) is 40.7 Å². The Balaban J connectivity index is 2.07. The van der Waals surface area contributed by atoms with Gasteiger partial charge in [-0.25, -0.2) is 9.37 Å². The summed E-state index contributed by atoms with van der Waals surface area (Å²) in [7, 11) is 0. The van der Waals surface area contributed by atoms with Crippen molar-refractivity contribution in [1.29, 1.82) is 0 Å². The zero-order chi connectivity index (χ0) is 11.5. The first-order valence-electron chi connectivity index (χ1n) is 4.84. The lowest BCUT2D eigenvalue weighted by Crippen LogP contribution is -2.00. The number of aromatic amines is 1. The van der Waals surface area contributed by atoms with Crippen molar-refractivity contribution in [1.82, 2.24) is 9.97 Å². The Hall–Kier alpha value is -1.36. The summed E-state index contributed by atoms with van der Waals surface area (Å²) in [5.74, 6) is 0.613. The van der Waals surface area contributed by atoms with Crippen molar-refractivity contribution in [2.45, 2.75) is 13.5 Å². The summed E-state index contributed by atoms with van der Waals surface area (Å²) >= 11 is 3.35. The molecule has 0 bridgehead atoms. The Kier molecular flexibility index (Phi) is 3.24. The molecule has 2 aromatic rings. The number of aryl methyl sites for hydroxylation is 1. The first-order chi connectivity index (χ1) is 7.65. The van der Waals surface area contributed by atoms with Crippen LogP contribution in [0, 0.1) is 12.7 Å². The van der Waals surface area contributed by atoms with E-state index in [0.717, 1.165) is 21.7 Å². The minimum absolute atomic E-state index is 0.258. The van der Waals surface area contributed by atoms with E-state index in [1.165, 1.54) is 12.1 Å². The maximum Gasteiger partial charge on any atom is 0.125 e. The fourth-order valence-electron chi connectivity index (χ4n) is 1.38. The molecule has 0 amide bonds. The minimum atomic E-state index is -0.258. The largest absolute Gasteiger partial charge is 0.378 e. The van der Waals surface area contributed by atoms with E-state index in [1.807, 2.05) is 6.92 Å². The number of imidazole rings is 1. The van der Waals surface area contributed by atoms with E-state index in [1.54, 1.807) is 12.3 Å². The van der Waals surface area contributed by atoms with Gasteiger partial charge in [-0.2, -0.15) is 0 Å². The number of hydrogen-bond donors (Lipinski definition) is 2. The van der Waals surface area contributed by atoms with Crippen LogP contribution in [0.2, 0.25) is 0 Å². The van der Waals surface area contributed by atoms with Crippen molar-refractivity contribution in [3.8, 4) is 0 Å². The average molecular weight is 284 g/mol. The monoisotopic (exact) mass is 283 g/mol. The summed E-state index contributed by atoms with van der Waals surface area (Å²) in [6.45, 7) is 2.48. The van der Waals surface area contributed by atoms with Crippen LogP contribution in [0.3, 0.4) is 0 Å². The number of nitrogens with one attached hydrogen (secondary N) is 2. The Morgan fingerprint density at radius 2 is 2.31 bits per heavy atom. The molecule has 0 aliphatic heterocycles. The molecule has 0 spiro atoms. The molecule has 0 saturated heterocycles. The van der Waals surface area contributed by atoms with Gasteiger partial charge in [0.1, 0.15) is 11.6 Å². The molecule has 2 rings (SSSR count). The Morgan fingerprint density at radius 1 is 1.50 bits per heavy atom. The highest BCUT2D eigenvalue weighted by Crippen LogP contribution is 2.23. The highest BCUT2D eigenvalue weighted by molar-refractivity contribution is 9.10. The highest BCUT2D eigenvalue weighted by atomic mass is 79.9. The summed E-state index contributed by atoms with van der Waals surface area (Å²) in [5.41, 5.74) is 1.70. The lowest BCUT2D eigenvalue weighted by atomic mass is 10.3. The number of anilines is 1. The summed E-state index contributed by atoms with van der Waals surface area (Å²) in [6, 6.07) is 4.54. The molecule has 1 aromatic carbocycles. The lowest BCUT2D eigenvalue weighted by molar-refractivity contribution is 0.628. The highest BCUT2D eigenvalue weighted by Gasteiger charge is 2.02. The standard InChI is InChI=1S/C11H11BrFN3/c1-7-14-5-9(16-7)6-15-11-4-8(13)2-3-10(11)12/h2-5,15H,6H2,1H3,(H,14,16). The molecule has 0 radical (unpaired) electrons. The van der Waals surface area contributed by atoms with Crippen molar-refractivity contribution in [3.63, 3.8) is 0 Å². The molecule has 0 aliphatic carbocycles. The van der Waals surface area contributed by atoms with Crippen LogP contribution in [-0.4, -0.2) is 9.97 Å². The maximum absolute atomic E-state index is 13.0. The van der Waals surface area contributed by atoms with Crippen LogP contribution in [0.15, 0.2) is 28.9 Å². The molecule has 0 aliphatic rings. The molecule has 16 heavy (non-hydrogen) atoms. The van der Waals surface area contributed by atoms with Gasteiger partial charge < -0.3 is 10.3 Å². The SMILES string of the molecule is Cc1ncc(CNc2cc(F)ccc2Br)[nH]1. The van der Waals surface area contributed by atoms with Crippen molar-refractivity contribution in [3.05, 3.63) is 46.2 Å². The van der Waals surface area contributed by atoms with Gasteiger partial charge in [-0.05, 0) is 41.1 Å². The lowest BCUT2D eigenvalue weighted by Gasteiger charge is -2.07. The van der Waals surface area contributed by atoms with Crippen molar-refractivity contribution in [2.24, 2.45) is 0 Å². The van der Waals surface area contributed by atoms with Crippen molar-refractivity contribution >= 4 is 21.6 Å². The summed E-state index contributed by atoms with van der Waals surface area (Å²) in [5, 5.41) is 3.13. The summed E-state index contributed by atoms with van der Waals surface area (Å²) < 4.78 is 13.8. The predicted molar refractivity (Wildman–Crippen MR) is 64.8 cm³/mol. The third kappa shape index (κ3) is 2.61. The summed E-state index contributed by atoms with van der Waals surface area (Å²) in [4.78, 5) is 7.19. The first-order valence-corrected chi connectivity index (χ1v) is 5.64. The second-order valence-electron chi connectivity index (χ2n) is 3.47. The van der Waals surface area contributed by atoms with Gasteiger partial charge in [0.05, 0.1) is 24.1 Å². The van der Waals surface area contributed by atoms with Gasteiger partial charge in [-0.1, -0.05) is 0 Å². The first kappa shape index (κ1) is 11.1. The number of H-pyrrole nitrogens is 1. The van der Waals surface area contributed by atoms with E-state index < -0.39 is 0 Å². The van der Waals surface area contributed by atoms with E-state index in [4.69, 9.17) is 0 Å². The molecule has 0 saturated carbocycles. The zero-order valence-electron chi connectivity index (χ0n) is 8.72. The van der Waals surface area contributed by atoms with E-state index in [2.05, 4.69) is 31.2 Å². The zero-order valence-corrected chi connectivity index (χ0v) is 10.3. The number of aromatic nitrogens is 2. The Bertz CT molecular complexity index is 496. The Morgan fingerprint density at radius 3 is 3.00 bits per heavy atom. The number of benzene rings is 1. The van der Waals surface area contributed by atoms with E-state index >= 15 is 0 Å². The molecule has 0 fully saturated rings. The van der Waals surface area contributed by atoms with Gasteiger partial charge in [0.15, 0.2) is 0 Å². The third-order valence-corrected chi connectivity index (χ3v) is 2.84. The van der Waals surface area contributed by atoms with Gasteiger partial charge in [0.2, 0.25) is 0 Å². The number of nitrogens with zero attached hydrogens (tertiary/aromatic N) is 1. The van der Waals surface area contributed by atoms with Crippen LogP contribution >= 0.6 is 15.9 Å². The van der Waals surface area contributed by atoms with E-state index in [0.29, 0.717) is 6.54 Å². The van der Waals surface area contributed by atoms with Crippen LogP contribution in [0.25, 0.3) is 0 Å². The fraction of sp³-hybridized carbons (Fsp3) is 0.182. The molecule has 1 aromatic heterocycles. The normalized spacial score (nSPS) is 10.4. The van der Waals surface area contributed by atoms with Gasteiger partial charge in [-0.15, -0.1) is 0 Å². The molecule has 5 heteroatoms. The maximum atomic E-state index is 13.0. The quantitative estimate of drug-likeness (QED) is 0.908. The summed E-state index contributed by atoms with van der Waals surface area (Å²) in [6.07, 6.45) is 1.76. The number of halogens is 2.